The number of carbonyl (C=O) groups is 1. The number of hydrogen-bond donors (Lipinski definition) is 2. The second kappa shape index (κ2) is 6.68. The van der Waals surface area contributed by atoms with Crippen LogP contribution in [0.25, 0.3) is 11.3 Å². The van der Waals surface area contributed by atoms with E-state index in [2.05, 4.69) is 10.3 Å². The lowest BCUT2D eigenvalue weighted by atomic mass is 10.1. The molecule has 24 heavy (non-hydrogen) atoms. The second-order valence-corrected chi connectivity index (χ2v) is 5.49. The van der Waals surface area contributed by atoms with Gasteiger partial charge in [-0.2, -0.15) is 0 Å². The molecule has 0 saturated carbocycles. The van der Waals surface area contributed by atoms with Crippen molar-refractivity contribution in [3.63, 3.8) is 0 Å². The van der Waals surface area contributed by atoms with E-state index in [0.717, 1.165) is 5.56 Å². The van der Waals surface area contributed by atoms with Gasteiger partial charge in [0.05, 0.1) is 5.69 Å². The van der Waals surface area contributed by atoms with Crippen LogP contribution in [0.3, 0.4) is 0 Å². The molecule has 0 atom stereocenters. The first-order valence-electron chi connectivity index (χ1n) is 7.10. The van der Waals surface area contributed by atoms with Crippen LogP contribution in [0.4, 0.5) is 10.1 Å². The van der Waals surface area contributed by atoms with Gasteiger partial charge in [-0.3, -0.25) is 9.59 Å². The van der Waals surface area contributed by atoms with Gasteiger partial charge in [0, 0.05) is 10.7 Å². The Morgan fingerprint density at radius 2 is 1.71 bits per heavy atom. The summed E-state index contributed by atoms with van der Waals surface area (Å²) in [5, 5.41) is 2.97. The maximum absolute atomic E-state index is 13.6. The van der Waals surface area contributed by atoms with Crippen molar-refractivity contribution in [2.75, 3.05) is 5.32 Å². The molecule has 2 aromatic carbocycles. The maximum atomic E-state index is 13.6. The van der Waals surface area contributed by atoms with Crippen LogP contribution < -0.4 is 10.9 Å². The summed E-state index contributed by atoms with van der Waals surface area (Å²) in [5.74, 6) is -1.25. The number of halogens is 2. The zero-order valence-corrected chi connectivity index (χ0v) is 13.1. The van der Waals surface area contributed by atoms with Gasteiger partial charge in [-0.05, 0) is 42.0 Å². The monoisotopic (exact) mass is 342 g/mol. The number of aromatic nitrogens is 1. The van der Waals surface area contributed by atoms with E-state index >= 15 is 0 Å². The lowest BCUT2D eigenvalue weighted by molar-refractivity contribution is 0.102. The highest BCUT2D eigenvalue weighted by molar-refractivity contribution is 6.30. The van der Waals surface area contributed by atoms with Crippen molar-refractivity contribution in [3.05, 3.63) is 87.4 Å². The van der Waals surface area contributed by atoms with Gasteiger partial charge < -0.3 is 10.3 Å². The second-order valence-electron chi connectivity index (χ2n) is 5.06. The van der Waals surface area contributed by atoms with Crippen LogP contribution in [0.15, 0.2) is 65.5 Å². The van der Waals surface area contributed by atoms with Gasteiger partial charge in [-0.25, -0.2) is 4.39 Å². The quantitative estimate of drug-likeness (QED) is 0.753. The largest absolute Gasteiger partial charge is 0.321 e. The molecule has 1 aromatic heterocycles. The number of aromatic amines is 1. The Morgan fingerprint density at radius 3 is 2.38 bits per heavy atom. The van der Waals surface area contributed by atoms with E-state index in [0.29, 0.717) is 10.7 Å². The number of benzene rings is 2. The number of para-hydroxylation sites is 1. The smallest absolute Gasteiger partial charge is 0.261 e. The van der Waals surface area contributed by atoms with Gasteiger partial charge in [0.1, 0.15) is 11.4 Å². The van der Waals surface area contributed by atoms with Gasteiger partial charge >= 0.3 is 0 Å². The van der Waals surface area contributed by atoms with Gasteiger partial charge in [-0.15, -0.1) is 0 Å². The Hall–Kier alpha value is -2.92. The molecule has 0 bridgehead atoms. The summed E-state index contributed by atoms with van der Waals surface area (Å²) in [7, 11) is 0. The zero-order chi connectivity index (χ0) is 17.1. The highest BCUT2D eigenvalue weighted by Gasteiger charge is 2.13. The number of rotatable bonds is 3. The fourth-order valence-electron chi connectivity index (χ4n) is 2.20. The summed E-state index contributed by atoms with van der Waals surface area (Å²) >= 11 is 5.83. The van der Waals surface area contributed by atoms with E-state index in [1.807, 2.05) is 0 Å². The lowest BCUT2D eigenvalue weighted by Gasteiger charge is -2.07. The molecule has 0 aliphatic carbocycles. The first-order valence-corrected chi connectivity index (χ1v) is 7.47. The van der Waals surface area contributed by atoms with Crippen LogP contribution in [0.1, 0.15) is 10.4 Å². The van der Waals surface area contributed by atoms with Gasteiger partial charge in [0.25, 0.3) is 11.5 Å². The number of anilines is 1. The van der Waals surface area contributed by atoms with Gasteiger partial charge in [-0.1, -0.05) is 35.9 Å². The summed E-state index contributed by atoms with van der Waals surface area (Å²) in [6.07, 6.45) is 0. The normalized spacial score (nSPS) is 10.4. The van der Waals surface area contributed by atoms with Crippen molar-refractivity contribution in [1.29, 1.82) is 0 Å². The zero-order valence-electron chi connectivity index (χ0n) is 12.3. The minimum absolute atomic E-state index is 0.0173. The van der Waals surface area contributed by atoms with E-state index in [1.54, 1.807) is 36.4 Å². The molecule has 0 aliphatic heterocycles. The number of carbonyl (C=O) groups excluding carboxylic acids is 1. The Kier molecular flexibility index (Phi) is 4.44. The van der Waals surface area contributed by atoms with Crippen LogP contribution in [-0.4, -0.2) is 10.9 Å². The first kappa shape index (κ1) is 16.0. The number of H-pyrrole nitrogens is 1. The predicted octanol–water partition coefficient (Wildman–Crippen LogP) is 4.09. The molecule has 0 aliphatic rings. The van der Waals surface area contributed by atoms with Crippen molar-refractivity contribution in [2.24, 2.45) is 0 Å². The Balaban J connectivity index is 1.87. The predicted molar refractivity (Wildman–Crippen MR) is 91.9 cm³/mol. The molecule has 120 valence electrons. The topological polar surface area (TPSA) is 62.0 Å². The van der Waals surface area contributed by atoms with E-state index in [9.17, 15) is 14.0 Å². The molecule has 3 rings (SSSR count). The molecule has 2 N–H and O–H groups in total. The highest BCUT2D eigenvalue weighted by Crippen LogP contribution is 2.19. The van der Waals surface area contributed by atoms with Crippen molar-refractivity contribution in [2.45, 2.75) is 0 Å². The third-order valence-corrected chi connectivity index (χ3v) is 3.68. The highest BCUT2D eigenvalue weighted by atomic mass is 35.5. The number of pyridine rings is 1. The molecular weight excluding hydrogens is 331 g/mol. The van der Waals surface area contributed by atoms with Crippen molar-refractivity contribution in [1.82, 2.24) is 4.98 Å². The SMILES string of the molecule is O=C(Nc1ccccc1F)c1ccc(-c2ccc(Cl)cc2)[nH]c1=O. The third kappa shape index (κ3) is 3.36. The number of amides is 1. The molecular formula is C18H12ClFN2O2. The Morgan fingerprint density at radius 1 is 1.00 bits per heavy atom. The summed E-state index contributed by atoms with van der Waals surface area (Å²) < 4.78 is 13.6. The molecule has 3 aromatic rings. The Bertz CT molecular complexity index is 952. The average Bonchev–Trinajstić information content (AvgIpc) is 2.57. The van der Waals surface area contributed by atoms with E-state index in [1.165, 1.54) is 24.3 Å². The summed E-state index contributed by atoms with van der Waals surface area (Å²) in [5.41, 5.74) is 0.674. The summed E-state index contributed by atoms with van der Waals surface area (Å²) in [4.78, 5) is 27.0. The molecule has 6 heteroatoms. The molecule has 0 radical (unpaired) electrons. The number of nitrogens with one attached hydrogen (secondary N) is 2. The summed E-state index contributed by atoms with van der Waals surface area (Å²) in [6.45, 7) is 0. The number of hydrogen-bond acceptors (Lipinski definition) is 2. The fourth-order valence-corrected chi connectivity index (χ4v) is 2.33. The van der Waals surface area contributed by atoms with Crippen LogP contribution in [0, 0.1) is 5.82 Å². The van der Waals surface area contributed by atoms with Gasteiger partial charge in [0.2, 0.25) is 0 Å². The van der Waals surface area contributed by atoms with E-state index in [-0.39, 0.29) is 11.3 Å². The van der Waals surface area contributed by atoms with Crippen LogP contribution in [-0.2, 0) is 0 Å². The van der Waals surface area contributed by atoms with E-state index in [4.69, 9.17) is 11.6 Å². The van der Waals surface area contributed by atoms with Crippen molar-refractivity contribution in [3.8, 4) is 11.3 Å². The Labute approximate surface area is 141 Å². The maximum Gasteiger partial charge on any atom is 0.261 e. The molecule has 0 spiro atoms. The van der Waals surface area contributed by atoms with Gasteiger partial charge in [0.15, 0.2) is 0 Å². The fraction of sp³-hybridized carbons (Fsp3) is 0. The minimum Gasteiger partial charge on any atom is -0.321 e. The average molecular weight is 343 g/mol. The molecule has 1 heterocycles. The summed E-state index contributed by atoms with van der Waals surface area (Å²) in [6, 6.07) is 15.7. The van der Waals surface area contributed by atoms with Crippen molar-refractivity contribution >= 4 is 23.2 Å². The minimum atomic E-state index is -0.677. The molecule has 0 unspecified atom stereocenters. The molecule has 1 amide bonds. The molecule has 0 fully saturated rings. The van der Waals surface area contributed by atoms with Crippen molar-refractivity contribution < 1.29 is 9.18 Å². The van der Waals surface area contributed by atoms with Crippen LogP contribution in [0.5, 0.6) is 0 Å². The van der Waals surface area contributed by atoms with E-state index < -0.39 is 17.3 Å². The molecule has 0 saturated heterocycles. The third-order valence-electron chi connectivity index (χ3n) is 3.43. The standard InChI is InChI=1S/C18H12ClFN2O2/c19-12-7-5-11(6-8-12)15-10-9-13(17(23)21-15)18(24)22-16-4-2-1-3-14(16)20/h1-10H,(H,21,23)(H,22,24). The first-order chi connectivity index (χ1) is 11.5. The molecule has 4 nitrogen and oxygen atoms in total. The van der Waals surface area contributed by atoms with Crippen LogP contribution >= 0.6 is 11.6 Å². The lowest BCUT2D eigenvalue weighted by Crippen LogP contribution is -2.23. The van der Waals surface area contributed by atoms with Crippen LogP contribution in [0.2, 0.25) is 5.02 Å².